The van der Waals surface area contributed by atoms with Crippen LogP contribution in [0.2, 0.25) is 6.32 Å². The molecule has 0 spiro atoms. The number of carbonyl (C=O) groups is 3. The highest BCUT2D eigenvalue weighted by Crippen LogP contribution is 2.40. The van der Waals surface area contributed by atoms with Gasteiger partial charge >= 0.3 is 31.3 Å². The van der Waals surface area contributed by atoms with Gasteiger partial charge in [0, 0.05) is 12.5 Å². The molecule has 2 aliphatic rings. The number of alkyl halides is 3. The molecular weight excluding hydrogens is 472 g/mol. The highest BCUT2D eigenvalue weighted by molar-refractivity contribution is 6.45. The lowest BCUT2D eigenvalue weighted by Crippen LogP contribution is -2.63. The molecule has 0 radical (unpaired) electrons. The summed E-state index contributed by atoms with van der Waals surface area (Å²) in [5.74, 6) is -4.22. The molecule has 2 rings (SSSR count). The first-order valence-corrected chi connectivity index (χ1v) is 11.6. The van der Waals surface area contributed by atoms with Crippen LogP contribution in [-0.4, -0.2) is 78.7 Å². The van der Waals surface area contributed by atoms with Crippen LogP contribution >= 0.6 is 0 Å². The summed E-state index contributed by atoms with van der Waals surface area (Å²) in [6, 6.07) is 0. The summed E-state index contributed by atoms with van der Waals surface area (Å²) in [6.07, 6.45) is -5.05. The molecule has 0 aromatic carbocycles. The molecule has 2 saturated heterocycles. The lowest BCUT2D eigenvalue weighted by molar-refractivity contribution is -0.178. The van der Waals surface area contributed by atoms with Gasteiger partial charge in [0.2, 0.25) is 0 Å². The third-order valence-corrected chi connectivity index (χ3v) is 6.67. The monoisotopic (exact) mass is 508 g/mol. The summed E-state index contributed by atoms with van der Waals surface area (Å²) in [5, 5.41) is 1.84. The van der Waals surface area contributed by atoms with Gasteiger partial charge in [0.05, 0.1) is 24.9 Å². The Balaban J connectivity index is 2.26. The molecule has 0 aromatic heterocycles. The van der Waals surface area contributed by atoms with Gasteiger partial charge in [0.25, 0.3) is 0 Å². The molecule has 2 fully saturated rings. The summed E-state index contributed by atoms with van der Waals surface area (Å²) in [5.41, 5.74) is -4.05. The number of likely N-dealkylation sites (tertiary alicyclic amines) is 1. The molecule has 2 amide bonds. The topological polar surface area (TPSA) is 103 Å². The first-order valence-electron chi connectivity index (χ1n) is 11.6. The Hall–Kier alpha value is -2.02. The Bertz CT molecular complexity index is 813. The number of hydrogen-bond donors (Lipinski definition) is 1. The zero-order valence-corrected chi connectivity index (χ0v) is 21.6. The van der Waals surface area contributed by atoms with Crippen LogP contribution in [0.3, 0.4) is 0 Å². The maximum Gasteiger partial charge on any atom is 0.471 e. The number of nitrogens with one attached hydrogen (secondary N) is 1. The van der Waals surface area contributed by atoms with Crippen molar-refractivity contribution in [1.29, 1.82) is 0 Å². The van der Waals surface area contributed by atoms with Crippen molar-refractivity contribution in [1.82, 2.24) is 10.2 Å². The summed E-state index contributed by atoms with van der Waals surface area (Å²) in [7, 11) is 0.474. The maximum atomic E-state index is 13.1. The Labute approximate surface area is 204 Å². The second-order valence-corrected chi connectivity index (χ2v) is 11.1. The van der Waals surface area contributed by atoms with E-state index in [4.69, 9.17) is 18.8 Å². The van der Waals surface area contributed by atoms with Gasteiger partial charge in [-0.05, 0) is 61.2 Å². The number of nitrogens with zero attached hydrogens (tertiary/aromatic N) is 1. The third kappa shape index (κ3) is 6.60. The second-order valence-electron chi connectivity index (χ2n) is 11.1. The number of esters is 1. The van der Waals surface area contributed by atoms with Gasteiger partial charge < -0.3 is 29.0 Å². The van der Waals surface area contributed by atoms with E-state index in [-0.39, 0.29) is 13.0 Å². The molecule has 2 heterocycles. The quantitative estimate of drug-likeness (QED) is 0.434. The molecule has 200 valence electrons. The summed E-state index contributed by atoms with van der Waals surface area (Å²) >= 11 is 0. The van der Waals surface area contributed by atoms with Gasteiger partial charge in [-0.1, -0.05) is 6.42 Å². The molecule has 0 bridgehead atoms. The van der Waals surface area contributed by atoms with E-state index >= 15 is 0 Å². The fourth-order valence-electron chi connectivity index (χ4n) is 4.21. The Kier molecular flexibility index (Phi) is 8.18. The van der Waals surface area contributed by atoms with E-state index < -0.39 is 66.1 Å². The molecule has 0 unspecified atom stereocenters. The number of hydrogen-bond acceptors (Lipinski definition) is 7. The van der Waals surface area contributed by atoms with Crippen LogP contribution < -0.4 is 5.32 Å². The lowest BCUT2D eigenvalue weighted by atomic mass is 9.77. The molecule has 35 heavy (non-hydrogen) atoms. The van der Waals surface area contributed by atoms with Gasteiger partial charge in [-0.3, -0.25) is 4.79 Å². The van der Waals surface area contributed by atoms with Crippen LogP contribution in [0.1, 0.15) is 61.3 Å². The molecule has 2 aliphatic heterocycles. The van der Waals surface area contributed by atoms with E-state index in [1.54, 1.807) is 20.8 Å². The zero-order valence-electron chi connectivity index (χ0n) is 21.6. The van der Waals surface area contributed by atoms with E-state index in [2.05, 4.69) is 0 Å². The fraction of sp³-hybridized carbons (Fsp3) is 0.864. The van der Waals surface area contributed by atoms with E-state index in [1.165, 1.54) is 0 Å². The minimum atomic E-state index is -5.23. The Morgan fingerprint density at radius 1 is 1.09 bits per heavy atom. The minimum Gasteiger partial charge on any atom is -0.467 e. The largest absolute Gasteiger partial charge is 0.471 e. The summed E-state index contributed by atoms with van der Waals surface area (Å²) < 4.78 is 61.5. The number of ether oxygens (including phenoxy) is 2. The predicted octanol–water partition coefficient (Wildman–Crippen LogP) is 3.32. The standard InChI is InChI=1S/C22H36BF3N2O7/c1-18(2,3)33-17(31)28-12-14(10-9-11-23-34-19(4,5)20(6,7)35-23)21(13-28,16(30)32-8)27-15(29)22(24,25)26/h14H,9-13H2,1-8H3,(H,27,29)/t14-,21-/m0/s1. The molecular formula is C22H36BF3N2O7. The predicted molar refractivity (Wildman–Crippen MR) is 120 cm³/mol. The third-order valence-electron chi connectivity index (χ3n) is 6.67. The second kappa shape index (κ2) is 9.80. The van der Waals surface area contributed by atoms with Crippen molar-refractivity contribution in [2.45, 2.75) is 96.1 Å². The van der Waals surface area contributed by atoms with E-state index in [0.717, 1.165) is 12.0 Å². The highest BCUT2D eigenvalue weighted by Gasteiger charge is 2.58. The van der Waals surface area contributed by atoms with Crippen molar-refractivity contribution < 1.29 is 46.3 Å². The van der Waals surface area contributed by atoms with Gasteiger partial charge in [-0.15, -0.1) is 0 Å². The average Bonchev–Trinajstić information content (AvgIpc) is 3.13. The summed E-state index contributed by atoms with van der Waals surface area (Å²) in [4.78, 5) is 38.5. The SMILES string of the molecule is COC(=O)[C@]1(NC(=O)C(F)(F)F)CN(C(=O)OC(C)(C)C)C[C@@H]1CCCB1OC(C)(C)C(C)(C)O1. The smallest absolute Gasteiger partial charge is 0.467 e. The van der Waals surface area contributed by atoms with Crippen molar-refractivity contribution in [3.05, 3.63) is 0 Å². The van der Waals surface area contributed by atoms with E-state index in [0.29, 0.717) is 12.7 Å². The van der Waals surface area contributed by atoms with Crippen LogP contribution in [0.5, 0.6) is 0 Å². The van der Waals surface area contributed by atoms with Gasteiger partial charge in [-0.2, -0.15) is 13.2 Å². The van der Waals surface area contributed by atoms with Crippen LogP contribution in [-0.2, 0) is 28.4 Å². The van der Waals surface area contributed by atoms with Crippen molar-refractivity contribution in [3.8, 4) is 0 Å². The number of carbonyl (C=O) groups excluding carboxylic acids is 3. The van der Waals surface area contributed by atoms with Crippen molar-refractivity contribution in [2.24, 2.45) is 5.92 Å². The zero-order chi connectivity index (χ0) is 27.0. The Morgan fingerprint density at radius 2 is 1.63 bits per heavy atom. The highest BCUT2D eigenvalue weighted by atomic mass is 19.4. The first-order chi connectivity index (χ1) is 15.7. The van der Waals surface area contributed by atoms with E-state index in [9.17, 15) is 27.6 Å². The molecule has 13 heteroatoms. The number of amides is 2. The van der Waals surface area contributed by atoms with Crippen LogP contribution in [0, 0.1) is 5.92 Å². The molecule has 9 nitrogen and oxygen atoms in total. The minimum absolute atomic E-state index is 0.106. The van der Waals surface area contributed by atoms with Gasteiger partial charge in [-0.25, -0.2) is 9.59 Å². The molecule has 0 aromatic rings. The van der Waals surface area contributed by atoms with Crippen molar-refractivity contribution >= 4 is 25.1 Å². The van der Waals surface area contributed by atoms with Crippen LogP contribution in [0.15, 0.2) is 0 Å². The van der Waals surface area contributed by atoms with Crippen molar-refractivity contribution in [3.63, 3.8) is 0 Å². The van der Waals surface area contributed by atoms with Gasteiger partial charge in [0.1, 0.15) is 5.60 Å². The fourth-order valence-corrected chi connectivity index (χ4v) is 4.21. The number of halogens is 3. The first kappa shape index (κ1) is 29.2. The summed E-state index contributed by atoms with van der Waals surface area (Å²) in [6.45, 7) is 11.9. The van der Waals surface area contributed by atoms with E-state index in [1.807, 2.05) is 33.0 Å². The van der Waals surface area contributed by atoms with Crippen LogP contribution in [0.4, 0.5) is 18.0 Å². The number of rotatable bonds is 6. The molecule has 1 N–H and O–H groups in total. The lowest BCUT2D eigenvalue weighted by Gasteiger charge is -2.33. The number of methoxy groups -OCH3 is 1. The van der Waals surface area contributed by atoms with Crippen LogP contribution in [0.25, 0.3) is 0 Å². The van der Waals surface area contributed by atoms with Gasteiger partial charge in [0.15, 0.2) is 5.54 Å². The molecule has 0 aliphatic carbocycles. The normalized spacial score (nSPS) is 26.0. The Morgan fingerprint density at radius 3 is 2.09 bits per heavy atom. The molecule has 0 saturated carbocycles. The average molecular weight is 508 g/mol. The van der Waals surface area contributed by atoms with Crippen molar-refractivity contribution in [2.75, 3.05) is 20.2 Å². The maximum absolute atomic E-state index is 13.1. The molecule has 2 atom stereocenters.